The second-order valence-electron chi connectivity index (χ2n) is 6.64. The van der Waals surface area contributed by atoms with E-state index in [0.717, 1.165) is 22.8 Å². The molecule has 0 N–H and O–H groups in total. The molecule has 1 aromatic heterocycles. The fourth-order valence-corrected chi connectivity index (χ4v) is 4.76. The first-order valence-corrected chi connectivity index (χ1v) is 10.6. The molecule has 0 radical (unpaired) electrons. The Labute approximate surface area is 159 Å². The van der Waals surface area contributed by atoms with Crippen LogP contribution in [0.1, 0.15) is 12.5 Å². The van der Waals surface area contributed by atoms with Crippen LogP contribution in [0.5, 0.6) is 0 Å². The lowest BCUT2D eigenvalue weighted by Crippen LogP contribution is -2.49. The molecule has 0 atom stereocenters. The molecule has 3 aromatic rings. The van der Waals surface area contributed by atoms with E-state index in [4.69, 9.17) is 0 Å². The minimum absolute atomic E-state index is 0.346. The zero-order chi connectivity index (χ0) is 18.9. The summed E-state index contributed by atoms with van der Waals surface area (Å²) in [5.41, 5.74) is 1.09. The van der Waals surface area contributed by atoms with E-state index in [-0.39, 0.29) is 0 Å². The topological polar surface area (TPSA) is 66.4 Å². The number of fused-ring (bicyclic) bond motifs is 1. The summed E-state index contributed by atoms with van der Waals surface area (Å²) in [5, 5.41) is 1.97. The average molecular weight is 382 g/mol. The molecule has 0 saturated carbocycles. The maximum atomic E-state index is 13.0. The number of hydrogen-bond donors (Lipinski definition) is 0. The Morgan fingerprint density at radius 2 is 1.59 bits per heavy atom. The zero-order valence-corrected chi connectivity index (χ0v) is 16.1. The molecular formula is C20H22N4O2S. The van der Waals surface area contributed by atoms with Gasteiger partial charge in [-0.05, 0) is 34.9 Å². The third-order valence-corrected chi connectivity index (χ3v) is 6.87. The monoisotopic (exact) mass is 382 g/mol. The van der Waals surface area contributed by atoms with Gasteiger partial charge in [-0.3, -0.25) is 0 Å². The van der Waals surface area contributed by atoms with E-state index < -0.39 is 10.0 Å². The molecule has 0 bridgehead atoms. The maximum Gasteiger partial charge on any atom is 0.243 e. The summed E-state index contributed by atoms with van der Waals surface area (Å²) >= 11 is 0. The van der Waals surface area contributed by atoms with E-state index in [0.29, 0.717) is 37.0 Å². The first-order chi connectivity index (χ1) is 13.1. The predicted molar refractivity (Wildman–Crippen MR) is 106 cm³/mol. The predicted octanol–water partition coefficient (Wildman–Crippen LogP) is 2.70. The van der Waals surface area contributed by atoms with Crippen LogP contribution in [-0.4, -0.2) is 48.9 Å². The summed E-state index contributed by atoms with van der Waals surface area (Å²) < 4.78 is 27.6. The minimum Gasteiger partial charge on any atom is -0.338 e. The zero-order valence-electron chi connectivity index (χ0n) is 15.2. The lowest BCUT2D eigenvalue weighted by molar-refractivity contribution is 0.382. The number of anilines is 1. The van der Waals surface area contributed by atoms with Crippen molar-refractivity contribution in [2.75, 3.05) is 31.1 Å². The second-order valence-corrected chi connectivity index (χ2v) is 8.58. The van der Waals surface area contributed by atoms with Gasteiger partial charge in [0.2, 0.25) is 16.0 Å². The molecule has 0 spiro atoms. The number of hydrogen-bond acceptors (Lipinski definition) is 5. The molecule has 0 amide bonds. The van der Waals surface area contributed by atoms with Gasteiger partial charge < -0.3 is 4.90 Å². The molecule has 27 heavy (non-hydrogen) atoms. The minimum atomic E-state index is -3.50. The molecule has 4 rings (SSSR count). The summed E-state index contributed by atoms with van der Waals surface area (Å²) in [6.07, 6.45) is 4.57. The van der Waals surface area contributed by atoms with Gasteiger partial charge in [0.25, 0.3) is 0 Å². The van der Waals surface area contributed by atoms with Gasteiger partial charge >= 0.3 is 0 Å². The van der Waals surface area contributed by atoms with E-state index >= 15 is 0 Å². The first-order valence-electron chi connectivity index (χ1n) is 9.13. The van der Waals surface area contributed by atoms with Crippen LogP contribution in [0.25, 0.3) is 10.8 Å². The van der Waals surface area contributed by atoms with Gasteiger partial charge in [-0.15, -0.1) is 0 Å². The van der Waals surface area contributed by atoms with Crippen LogP contribution in [0.3, 0.4) is 0 Å². The van der Waals surface area contributed by atoms with Crippen molar-refractivity contribution in [1.29, 1.82) is 0 Å². The molecule has 1 aliphatic heterocycles. The Hall–Kier alpha value is -2.51. The molecule has 7 heteroatoms. The van der Waals surface area contributed by atoms with Gasteiger partial charge in [-0.1, -0.05) is 37.3 Å². The number of nitrogens with zero attached hydrogens (tertiary/aromatic N) is 4. The quantitative estimate of drug-likeness (QED) is 0.694. The van der Waals surface area contributed by atoms with Crippen molar-refractivity contribution >= 4 is 26.7 Å². The van der Waals surface area contributed by atoms with Gasteiger partial charge in [-0.25, -0.2) is 18.4 Å². The molecule has 1 aliphatic rings. The number of aromatic nitrogens is 2. The molecule has 0 aliphatic carbocycles. The van der Waals surface area contributed by atoms with Crippen molar-refractivity contribution in [3.63, 3.8) is 0 Å². The van der Waals surface area contributed by atoms with Crippen molar-refractivity contribution in [2.24, 2.45) is 0 Å². The highest BCUT2D eigenvalue weighted by molar-refractivity contribution is 7.89. The second kappa shape index (κ2) is 7.25. The lowest BCUT2D eigenvalue weighted by atomic mass is 10.1. The maximum absolute atomic E-state index is 13.0. The fourth-order valence-electron chi connectivity index (χ4n) is 3.30. The Kier molecular flexibility index (Phi) is 4.80. The summed E-state index contributed by atoms with van der Waals surface area (Å²) in [6.45, 7) is 4.08. The van der Waals surface area contributed by atoms with Crippen molar-refractivity contribution in [3.05, 3.63) is 60.4 Å². The number of rotatable bonds is 4. The Balaban J connectivity index is 1.50. The lowest BCUT2D eigenvalue weighted by Gasteiger charge is -2.34. The SMILES string of the molecule is CCc1cnc(N2CCN(S(=O)(=O)c3ccc4ccccc4c3)CC2)nc1. The standard InChI is InChI=1S/C20H22N4O2S/c1-2-16-14-21-20(22-15-16)23-9-11-24(12-10-23)27(25,26)19-8-7-17-5-3-4-6-18(17)13-19/h3-8,13-15H,2,9-12H2,1H3. The largest absolute Gasteiger partial charge is 0.338 e. The van der Waals surface area contributed by atoms with Gasteiger partial charge in [0.05, 0.1) is 4.90 Å². The van der Waals surface area contributed by atoms with Crippen molar-refractivity contribution in [1.82, 2.24) is 14.3 Å². The van der Waals surface area contributed by atoms with Crippen LogP contribution in [0.15, 0.2) is 59.8 Å². The summed E-state index contributed by atoms with van der Waals surface area (Å²) in [6, 6.07) is 13.1. The average Bonchev–Trinajstić information content (AvgIpc) is 2.73. The fraction of sp³-hybridized carbons (Fsp3) is 0.300. The van der Waals surface area contributed by atoms with Crippen molar-refractivity contribution in [2.45, 2.75) is 18.2 Å². The smallest absolute Gasteiger partial charge is 0.243 e. The highest BCUT2D eigenvalue weighted by Crippen LogP contribution is 2.23. The third kappa shape index (κ3) is 3.52. The van der Waals surface area contributed by atoms with Crippen molar-refractivity contribution in [3.8, 4) is 0 Å². The van der Waals surface area contributed by atoms with E-state index in [1.54, 1.807) is 16.4 Å². The Bertz CT molecular complexity index is 1040. The van der Waals surface area contributed by atoms with E-state index in [9.17, 15) is 8.42 Å². The van der Waals surface area contributed by atoms with E-state index in [2.05, 4.69) is 16.9 Å². The molecule has 2 heterocycles. The van der Waals surface area contributed by atoms with Crippen LogP contribution in [0.2, 0.25) is 0 Å². The van der Waals surface area contributed by atoms with Gasteiger partial charge in [0.1, 0.15) is 0 Å². The highest BCUT2D eigenvalue weighted by Gasteiger charge is 2.29. The van der Waals surface area contributed by atoms with E-state index in [1.807, 2.05) is 47.6 Å². The van der Waals surface area contributed by atoms with Crippen LogP contribution in [0, 0.1) is 0 Å². The molecule has 1 fully saturated rings. The van der Waals surface area contributed by atoms with Crippen molar-refractivity contribution < 1.29 is 8.42 Å². The first kappa shape index (κ1) is 17.9. The van der Waals surface area contributed by atoms with Gasteiger partial charge in [-0.2, -0.15) is 4.31 Å². The Morgan fingerprint density at radius 1 is 0.926 bits per heavy atom. The molecule has 6 nitrogen and oxygen atoms in total. The summed E-state index contributed by atoms with van der Waals surface area (Å²) in [7, 11) is -3.50. The van der Waals surface area contributed by atoms with Crippen LogP contribution in [0.4, 0.5) is 5.95 Å². The highest BCUT2D eigenvalue weighted by atomic mass is 32.2. The summed E-state index contributed by atoms with van der Waals surface area (Å²) in [5.74, 6) is 0.662. The number of piperazine rings is 1. The van der Waals surface area contributed by atoms with Gasteiger partial charge in [0.15, 0.2) is 0 Å². The summed E-state index contributed by atoms with van der Waals surface area (Å²) in [4.78, 5) is 11.2. The van der Waals surface area contributed by atoms with E-state index in [1.165, 1.54) is 0 Å². The van der Waals surface area contributed by atoms with Crippen LogP contribution >= 0.6 is 0 Å². The number of sulfonamides is 1. The Morgan fingerprint density at radius 3 is 2.26 bits per heavy atom. The van der Waals surface area contributed by atoms with Crippen LogP contribution < -0.4 is 4.90 Å². The molecule has 1 saturated heterocycles. The molecular weight excluding hydrogens is 360 g/mol. The van der Waals surface area contributed by atoms with Gasteiger partial charge in [0, 0.05) is 38.6 Å². The molecule has 140 valence electrons. The third-order valence-electron chi connectivity index (χ3n) is 4.98. The normalized spacial score (nSPS) is 16.0. The molecule has 0 unspecified atom stereocenters. The molecule has 2 aromatic carbocycles. The number of aryl methyl sites for hydroxylation is 1. The van der Waals surface area contributed by atoms with Crippen LogP contribution in [-0.2, 0) is 16.4 Å². The number of benzene rings is 2.